The molecule has 0 saturated carbocycles. The summed E-state index contributed by atoms with van der Waals surface area (Å²) in [6, 6.07) is 2.09. The van der Waals surface area contributed by atoms with E-state index in [0.717, 1.165) is 58.7 Å². The van der Waals surface area contributed by atoms with E-state index in [1.807, 2.05) is 4.90 Å². The molecule has 2 fully saturated rings. The van der Waals surface area contributed by atoms with E-state index in [9.17, 15) is 4.79 Å². The molecule has 0 aromatic carbocycles. The Labute approximate surface area is 127 Å². The lowest BCUT2D eigenvalue weighted by molar-refractivity contribution is -0.134. The lowest BCUT2D eigenvalue weighted by Crippen LogP contribution is -2.51. The van der Waals surface area contributed by atoms with Gasteiger partial charge in [-0.05, 0) is 19.4 Å². The molecule has 2 saturated heterocycles. The van der Waals surface area contributed by atoms with Crippen molar-refractivity contribution in [2.24, 2.45) is 0 Å². The number of morpholine rings is 1. The number of nitrogens with one attached hydrogen (secondary N) is 1. The van der Waals surface area contributed by atoms with E-state index in [1.165, 1.54) is 0 Å². The predicted molar refractivity (Wildman–Crippen MR) is 79.7 cm³/mol. The summed E-state index contributed by atoms with van der Waals surface area (Å²) in [5.41, 5.74) is 0. The Morgan fingerprint density at radius 1 is 1.33 bits per heavy atom. The number of amides is 1. The van der Waals surface area contributed by atoms with Gasteiger partial charge in [0.25, 0.3) is 0 Å². The van der Waals surface area contributed by atoms with E-state index < -0.39 is 0 Å². The quantitative estimate of drug-likeness (QED) is 0.758. The standard InChI is InChI=1S/C15H26N4O2/c16-5-3-7-19(9-8-18-10-12-21-13-11-18)15(20)14-4-1-2-6-17-14/h14,17H,1-4,6-13H2/t14-/m0/s1. The summed E-state index contributed by atoms with van der Waals surface area (Å²) in [6.45, 7) is 6.45. The van der Waals surface area contributed by atoms with Gasteiger partial charge in [-0.1, -0.05) is 6.42 Å². The van der Waals surface area contributed by atoms with Crippen molar-refractivity contribution in [1.29, 1.82) is 5.26 Å². The number of hydrogen-bond acceptors (Lipinski definition) is 5. The summed E-state index contributed by atoms with van der Waals surface area (Å²) in [5, 5.41) is 12.1. The van der Waals surface area contributed by atoms with Crippen molar-refractivity contribution in [3.63, 3.8) is 0 Å². The topological polar surface area (TPSA) is 68.6 Å². The van der Waals surface area contributed by atoms with Crippen LogP contribution in [-0.4, -0.2) is 74.2 Å². The maximum atomic E-state index is 12.6. The highest BCUT2D eigenvalue weighted by molar-refractivity contribution is 5.82. The van der Waals surface area contributed by atoms with Crippen LogP contribution in [0.1, 0.15) is 25.7 Å². The predicted octanol–water partition coefficient (Wildman–Crippen LogP) is 0.203. The van der Waals surface area contributed by atoms with Gasteiger partial charge in [-0.3, -0.25) is 9.69 Å². The minimum atomic E-state index is -0.0536. The molecule has 1 amide bonds. The van der Waals surface area contributed by atoms with Gasteiger partial charge in [0.1, 0.15) is 0 Å². The Morgan fingerprint density at radius 2 is 2.14 bits per heavy atom. The second-order valence-electron chi connectivity index (χ2n) is 5.69. The van der Waals surface area contributed by atoms with Crippen LogP contribution in [-0.2, 0) is 9.53 Å². The third-order valence-electron chi connectivity index (χ3n) is 4.20. The maximum Gasteiger partial charge on any atom is 0.239 e. The van der Waals surface area contributed by atoms with E-state index in [-0.39, 0.29) is 11.9 Å². The molecule has 118 valence electrons. The molecule has 0 aromatic heterocycles. The lowest BCUT2D eigenvalue weighted by Gasteiger charge is -2.32. The summed E-state index contributed by atoms with van der Waals surface area (Å²) < 4.78 is 5.34. The first-order valence-corrected chi connectivity index (χ1v) is 8.00. The molecule has 6 heteroatoms. The largest absolute Gasteiger partial charge is 0.379 e. The fourth-order valence-corrected chi connectivity index (χ4v) is 2.89. The molecule has 0 unspecified atom stereocenters. The molecule has 2 aliphatic rings. The van der Waals surface area contributed by atoms with E-state index in [0.29, 0.717) is 19.5 Å². The molecule has 0 aromatic rings. The van der Waals surface area contributed by atoms with E-state index in [1.54, 1.807) is 0 Å². The molecule has 0 spiro atoms. The molecular formula is C15H26N4O2. The third-order valence-corrected chi connectivity index (χ3v) is 4.20. The fourth-order valence-electron chi connectivity index (χ4n) is 2.89. The third kappa shape index (κ3) is 5.27. The number of rotatable bonds is 6. The number of nitrogens with zero attached hydrogens (tertiary/aromatic N) is 3. The Morgan fingerprint density at radius 3 is 2.81 bits per heavy atom. The number of carbonyl (C=O) groups is 1. The fraction of sp³-hybridized carbons (Fsp3) is 0.867. The van der Waals surface area contributed by atoms with Gasteiger partial charge >= 0.3 is 0 Å². The summed E-state index contributed by atoms with van der Waals surface area (Å²) in [6.07, 6.45) is 3.58. The first-order valence-electron chi connectivity index (χ1n) is 8.00. The van der Waals surface area contributed by atoms with Gasteiger partial charge in [0.05, 0.1) is 31.7 Å². The van der Waals surface area contributed by atoms with Gasteiger partial charge < -0.3 is 15.0 Å². The molecule has 0 aliphatic carbocycles. The van der Waals surface area contributed by atoms with E-state index in [2.05, 4.69) is 16.3 Å². The summed E-state index contributed by atoms with van der Waals surface area (Å²) in [4.78, 5) is 16.8. The molecule has 2 aliphatic heterocycles. The van der Waals surface area contributed by atoms with E-state index in [4.69, 9.17) is 10.00 Å². The lowest BCUT2D eigenvalue weighted by atomic mass is 10.0. The highest BCUT2D eigenvalue weighted by Gasteiger charge is 2.25. The first kappa shape index (κ1) is 16.2. The van der Waals surface area contributed by atoms with Gasteiger partial charge in [-0.15, -0.1) is 0 Å². The van der Waals surface area contributed by atoms with Gasteiger partial charge in [-0.2, -0.15) is 5.26 Å². The van der Waals surface area contributed by atoms with Crippen LogP contribution in [0.3, 0.4) is 0 Å². The van der Waals surface area contributed by atoms with E-state index >= 15 is 0 Å². The minimum Gasteiger partial charge on any atom is -0.379 e. The maximum absolute atomic E-state index is 12.6. The summed E-state index contributed by atoms with van der Waals surface area (Å²) in [5.74, 6) is 0.165. The molecule has 1 atom stereocenters. The van der Waals surface area contributed by atoms with Crippen molar-refractivity contribution in [2.75, 3.05) is 52.5 Å². The first-order chi connectivity index (χ1) is 10.3. The number of nitriles is 1. The average molecular weight is 294 g/mol. The highest BCUT2D eigenvalue weighted by Crippen LogP contribution is 2.10. The number of ether oxygens (including phenoxy) is 1. The number of carbonyl (C=O) groups excluding carboxylic acids is 1. The molecule has 0 bridgehead atoms. The number of piperidine rings is 1. The zero-order valence-electron chi connectivity index (χ0n) is 12.7. The summed E-state index contributed by atoms with van der Waals surface area (Å²) >= 11 is 0. The van der Waals surface area contributed by atoms with Crippen molar-refractivity contribution < 1.29 is 9.53 Å². The summed E-state index contributed by atoms with van der Waals surface area (Å²) in [7, 11) is 0. The van der Waals surface area contributed by atoms with Gasteiger partial charge in [0, 0.05) is 32.7 Å². The van der Waals surface area contributed by atoms with Crippen molar-refractivity contribution in [2.45, 2.75) is 31.7 Å². The van der Waals surface area contributed by atoms with Crippen molar-refractivity contribution in [3.05, 3.63) is 0 Å². The van der Waals surface area contributed by atoms with Crippen LogP contribution in [0.5, 0.6) is 0 Å². The Bertz CT molecular complexity index is 357. The Kier molecular flexibility index (Phi) is 6.93. The molecule has 6 nitrogen and oxygen atoms in total. The van der Waals surface area contributed by atoms with Crippen LogP contribution in [0.2, 0.25) is 0 Å². The molecule has 0 radical (unpaired) electrons. The number of hydrogen-bond donors (Lipinski definition) is 1. The van der Waals surface area contributed by atoms with Crippen molar-refractivity contribution in [3.8, 4) is 6.07 Å². The van der Waals surface area contributed by atoms with Crippen LogP contribution < -0.4 is 5.32 Å². The smallest absolute Gasteiger partial charge is 0.239 e. The average Bonchev–Trinajstić information content (AvgIpc) is 2.56. The monoisotopic (exact) mass is 294 g/mol. The van der Waals surface area contributed by atoms with Gasteiger partial charge in [-0.25, -0.2) is 0 Å². The van der Waals surface area contributed by atoms with Crippen molar-refractivity contribution >= 4 is 5.91 Å². The Hall–Kier alpha value is -1.16. The SMILES string of the molecule is N#CCCN(CCN1CCOCC1)C(=O)[C@@H]1CCCCN1. The van der Waals surface area contributed by atoms with Crippen LogP contribution in [0.4, 0.5) is 0 Å². The molecule has 2 rings (SSSR count). The molecular weight excluding hydrogens is 268 g/mol. The zero-order valence-corrected chi connectivity index (χ0v) is 12.7. The highest BCUT2D eigenvalue weighted by atomic mass is 16.5. The van der Waals surface area contributed by atoms with Crippen LogP contribution >= 0.6 is 0 Å². The van der Waals surface area contributed by atoms with Crippen LogP contribution in [0.25, 0.3) is 0 Å². The van der Waals surface area contributed by atoms with Gasteiger partial charge in [0.2, 0.25) is 5.91 Å². The van der Waals surface area contributed by atoms with Gasteiger partial charge in [0.15, 0.2) is 0 Å². The normalized spacial score (nSPS) is 23.5. The Balaban J connectivity index is 1.83. The molecule has 2 heterocycles. The molecule has 1 N–H and O–H groups in total. The van der Waals surface area contributed by atoms with Crippen LogP contribution in [0, 0.1) is 11.3 Å². The zero-order chi connectivity index (χ0) is 14.9. The minimum absolute atomic E-state index is 0.0536. The second kappa shape index (κ2) is 8.98. The van der Waals surface area contributed by atoms with Crippen molar-refractivity contribution in [1.82, 2.24) is 15.1 Å². The van der Waals surface area contributed by atoms with Crippen LogP contribution in [0.15, 0.2) is 0 Å². The molecule has 21 heavy (non-hydrogen) atoms. The second-order valence-corrected chi connectivity index (χ2v) is 5.69.